The van der Waals surface area contributed by atoms with Gasteiger partial charge in [0.1, 0.15) is 5.82 Å². The molecule has 7 nitrogen and oxygen atoms in total. The number of benzene rings is 2. The summed E-state index contributed by atoms with van der Waals surface area (Å²) < 4.78 is 29.9. The molecule has 1 aromatic heterocycles. The van der Waals surface area contributed by atoms with Crippen LogP contribution in [-0.4, -0.2) is 40.2 Å². The Morgan fingerprint density at radius 1 is 0.967 bits per heavy atom. The topological polar surface area (TPSA) is 77.2 Å². The van der Waals surface area contributed by atoms with Crippen LogP contribution in [0, 0.1) is 0 Å². The highest BCUT2D eigenvalue weighted by Gasteiger charge is 2.30. The number of para-hydroxylation sites is 1. The molecule has 2 aromatic carbocycles. The quantitative estimate of drug-likeness (QED) is 0.631. The van der Waals surface area contributed by atoms with E-state index in [-0.39, 0.29) is 11.6 Å². The van der Waals surface area contributed by atoms with Gasteiger partial charge in [-0.05, 0) is 36.6 Å². The van der Waals surface area contributed by atoms with Crippen LogP contribution in [0.25, 0.3) is 11.8 Å². The summed E-state index contributed by atoms with van der Waals surface area (Å²) in [4.78, 5) is 12.6. The first-order valence-electron chi connectivity index (χ1n) is 9.90. The molecule has 1 aliphatic rings. The Balaban J connectivity index is 1.51. The molecule has 1 fully saturated rings. The van der Waals surface area contributed by atoms with Crippen LogP contribution < -0.4 is 5.69 Å². The highest BCUT2D eigenvalue weighted by molar-refractivity contribution is 7.92. The van der Waals surface area contributed by atoms with Gasteiger partial charge in [0, 0.05) is 31.5 Å². The summed E-state index contributed by atoms with van der Waals surface area (Å²) in [5, 5.41) is 5.73. The summed E-state index contributed by atoms with van der Waals surface area (Å²) in [5.74, 6) is 0.703. The molecule has 2 heterocycles. The van der Waals surface area contributed by atoms with Crippen molar-refractivity contribution in [3.8, 4) is 5.69 Å². The third kappa shape index (κ3) is 4.15. The van der Waals surface area contributed by atoms with Gasteiger partial charge in [-0.1, -0.05) is 48.5 Å². The van der Waals surface area contributed by atoms with Crippen molar-refractivity contribution in [1.29, 1.82) is 0 Å². The van der Waals surface area contributed by atoms with Crippen LogP contribution in [0.3, 0.4) is 0 Å². The van der Waals surface area contributed by atoms with Crippen molar-refractivity contribution in [3.63, 3.8) is 0 Å². The van der Waals surface area contributed by atoms with Gasteiger partial charge in [0.15, 0.2) is 0 Å². The molecule has 0 aliphatic carbocycles. The molecule has 0 amide bonds. The zero-order chi connectivity index (χ0) is 21.1. The monoisotopic (exact) mass is 424 g/mol. The van der Waals surface area contributed by atoms with E-state index in [1.54, 1.807) is 17.7 Å². The standard InChI is InChI=1S/C22H24N4O3S/c1-24-22(27)26(20-10-6-3-7-11-20)21(23-24)19-12-15-25(16-13-19)30(28,29)17-14-18-8-4-2-5-9-18/h2-11,14,17,19H,12-13,15-16H2,1H3. The zero-order valence-electron chi connectivity index (χ0n) is 16.8. The number of hydrogen-bond donors (Lipinski definition) is 0. The van der Waals surface area contributed by atoms with E-state index in [2.05, 4.69) is 5.10 Å². The Bertz CT molecular complexity index is 1190. The Kier molecular flexibility index (Phi) is 5.69. The zero-order valence-corrected chi connectivity index (χ0v) is 17.6. The smallest absolute Gasteiger partial charge is 0.247 e. The van der Waals surface area contributed by atoms with Crippen molar-refractivity contribution in [2.24, 2.45) is 7.05 Å². The van der Waals surface area contributed by atoms with Gasteiger partial charge in [0.05, 0.1) is 5.69 Å². The predicted octanol–water partition coefficient (Wildman–Crippen LogP) is 2.75. The summed E-state index contributed by atoms with van der Waals surface area (Å²) in [6.45, 7) is 0.789. The van der Waals surface area contributed by atoms with E-state index >= 15 is 0 Å². The Morgan fingerprint density at radius 3 is 2.20 bits per heavy atom. The molecule has 0 radical (unpaired) electrons. The summed E-state index contributed by atoms with van der Waals surface area (Å²) >= 11 is 0. The number of hydrogen-bond acceptors (Lipinski definition) is 4. The number of aromatic nitrogens is 3. The van der Waals surface area contributed by atoms with Crippen molar-refractivity contribution in [2.75, 3.05) is 13.1 Å². The molecule has 156 valence electrons. The summed E-state index contributed by atoms with van der Waals surface area (Å²) in [6, 6.07) is 18.8. The maximum atomic E-state index is 12.7. The SMILES string of the molecule is Cn1nc(C2CCN(S(=O)(=O)C=Cc3ccccc3)CC2)n(-c2ccccc2)c1=O. The Hall–Kier alpha value is -2.97. The second-order valence-corrected chi connectivity index (χ2v) is 9.19. The van der Waals surface area contributed by atoms with Crippen molar-refractivity contribution in [2.45, 2.75) is 18.8 Å². The second kappa shape index (κ2) is 8.41. The van der Waals surface area contributed by atoms with E-state index in [0.717, 1.165) is 11.3 Å². The lowest BCUT2D eigenvalue weighted by atomic mass is 9.97. The second-order valence-electron chi connectivity index (χ2n) is 7.37. The third-order valence-corrected chi connectivity index (χ3v) is 6.94. The molecular weight excluding hydrogens is 400 g/mol. The molecule has 1 saturated heterocycles. The fourth-order valence-electron chi connectivity index (χ4n) is 3.75. The molecule has 0 saturated carbocycles. The van der Waals surface area contributed by atoms with Gasteiger partial charge < -0.3 is 0 Å². The van der Waals surface area contributed by atoms with Gasteiger partial charge >= 0.3 is 5.69 Å². The average molecular weight is 425 g/mol. The Labute approximate surface area is 175 Å². The minimum absolute atomic E-state index is 0.0173. The van der Waals surface area contributed by atoms with Crippen molar-refractivity contribution in [1.82, 2.24) is 18.7 Å². The van der Waals surface area contributed by atoms with Crippen LogP contribution in [0.5, 0.6) is 0 Å². The molecule has 0 bridgehead atoms. The largest absolute Gasteiger partial charge is 0.350 e. The Morgan fingerprint density at radius 2 is 1.57 bits per heavy atom. The first-order valence-corrected chi connectivity index (χ1v) is 11.4. The normalized spacial score (nSPS) is 16.3. The van der Waals surface area contributed by atoms with E-state index in [9.17, 15) is 13.2 Å². The van der Waals surface area contributed by atoms with Gasteiger partial charge in [0.2, 0.25) is 10.0 Å². The highest BCUT2D eigenvalue weighted by Crippen LogP contribution is 2.29. The van der Waals surface area contributed by atoms with Crippen LogP contribution in [0.1, 0.15) is 30.1 Å². The van der Waals surface area contributed by atoms with E-state index in [4.69, 9.17) is 0 Å². The molecule has 0 spiro atoms. The molecule has 3 aromatic rings. The number of rotatable bonds is 5. The van der Waals surface area contributed by atoms with E-state index < -0.39 is 10.0 Å². The summed E-state index contributed by atoms with van der Waals surface area (Å²) in [6.07, 6.45) is 2.84. The lowest BCUT2D eigenvalue weighted by molar-refractivity contribution is 0.314. The van der Waals surface area contributed by atoms with Crippen LogP contribution in [0.2, 0.25) is 0 Å². The first-order chi connectivity index (χ1) is 14.5. The van der Waals surface area contributed by atoms with Gasteiger partial charge in [-0.25, -0.2) is 22.5 Å². The molecule has 1 aliphatic heterocycles. The van der Waals surface area contributed by atoms with Crippen molar-refractivity contribution >= 4 is 16.1 Å². The van der Waals surface area contributed by atoms with Gasteiger partial charge in [-0.15, -0.1) is 0 Å². The maximum Gasteiger partial charge on any atom is 0.350 e. The van der Waals surface area contributed by atoms with E-state index in [1.807, 2.05) is 60.7 Å². The number of nitrogens with zero attached hydrogens (tertiary/aromatic N) is 4. The van der Waals surface area contributed by atoms with Gasteiger partial charge in [-0.2, -0.15) is 9.40 Å². The molecule has 30 heavy (non-hydrogen) atoms. The predicted molar refractivity (Wildman–Crippen MR) is 117 cm³/mol. The van der Waals surface area contributed by atoms with Crippen LogP contribution >= 0.6 is 0 Å². The fraction of sp³-hybridized carbons (Fsp3) is 0.273. The van der Waals surface area contributed by atoms with Gasteiger partial charge in [0.25, 0.3) is 0 Å². The molecular formula is C22H24N4O3S. The van der Waals surface area contributed by atoms with Crippen LogP contribution in [0.4, 0.5) is 0 Å². The number of aryl methyl sites for hydroxylation is 1. The average Bonchev–Trinajstić information content (AvgIpc) is 3.08. The molecule has 0 N–H and O–H groups in total. The summed E-state index contributed by atoms with van der Waals surface area (Å²) in [7, 11) is -1.86. The van der Waals surface area contributed by atoms with Gasteiger partial charge in [-0.3, -0.25) is 0 Å². The minimum Gasteiger partial charge on any atom is -0.247 e. The van der Waals surface area contributed by atoms with Crippen molar-refractivity contribution < 1.29 is 8.42 Å². The maximum absolute atomic E-state index is 12.7. The molecule has 0 unspecified atom stereocenters. The highest BCUT2D eigenvalue weighted by atomic mass is 32.2. The lowest BCUT2D eigenvalue weighted by Crippen LogP contribution is -2.37. The fourth-order valence-corrected chi connectivity index (χ4v) is 4.97. The minimum atomic E-state index is -3.49. The summed E-state index contributed by atoms with van der Waals surface area (Å²) in [5.41, 5.74) is 1.42. The molecule has 0 atom stereocenters. The third-order valence-electron chi connectivity index (χ3n) is 5.38. The van der Waals surface area contributed by atoms with Crippen LogP contribution in [-0.2, 0) is 17.1 Å². The first kappa shape index (κ1) is 20.3. The van der Waals surface area contributed by atoms with E-state index in [0.29, 0.717) is 31.8 Å². The lowest BCUT2D eigenvalue weighted by Gasteiger charge is -2.29. The van der Waals surface area contributed by atoms with E-state index in [1.165, 1.54) is 14.4 Å². The number of piperidine rings is 1. The van der Waals surface area contributed by atoms with Crippen molar-refractivity contribution in [3.05, 3.63) is 87.9 Å². The molecule has 4 rings (SSSR count). The van der Waals surface area contributed by atoms with Crippen LogP contribution in [0.15, 0.2) is 70.9 Å². The number of sulfonamides is 1. The molecule has 8 heteroatoms.